The Morgan fingerprint density at radius 2 is 2.22 bits per heavy atom. The highest BCUT2D eigenvalue weighted by Crippen LogP contribution is 2.28. The van der Waals surface area contributed by atoms with Crippen LogP contribution in [0.15, 0.2) is 40.2 Å². The van der Waals surface area contributed by atoms with Crippen molar-refractivity contribution in [2.75, 3.05) is 6.54 Å². The number of benzene rings is 1. The van der Waals surface area contributed by atoms with Gasteiger partial charge >= 0.3 is 0 Å². The summed E-state index contributed by atoms with van der Waals surface area (Å²) in [4.78, 5) is 1.28. The van der Waals surface area contributed by atoms with Gasteiger partial charge < -0.3 is 5.32 Å². The first-order chi connectivity index (χ1) is 8.70. The first kappa shape index (κ1) is 13.7. The van der Waals surface area contributed by atoms with E-state index < -0.39 is 0 Å². The van der Waals surface area contributed by atoms with Crippen LogP contribution in [0.4, 0.5) is 4.39 Å². The Labute approximate surface area is 119 Å². The molecule has 96 valence electrons. The van der Waals surface area contributed by atoms with E-state index in [9.17, 15) is 4.39 Å². The zero-order chi connectivity index (χ0) is 13.0. The van der Waals surface area contributed by atoms with Crippen LogP contribution in [-0.4, -0.2) is 6.54 Å². The highest BCUT2D eigenvalue weighted by Gasteiger charge is 2.14. The summed E-state index contributed by atoms with van der Waals surface area (Å²) in [5.41, 5.74) is 0.997. The van der Waals surface area contributed by atoms with Gasteiger partial charge in [-0.15, -0.1) is 11.3 Å². The summed E-state index contributed by atoms with van der Waals surface area (Å²) in [6, 6.07) is 9.02. The van der Waals surface area contributed by atoms with Crippen molar-refractivity contribution >= 4 is 27.3 Å². The molecular weight excluding hydrogens is 313 g/mol. The van der Waals surface area contributed by atoms with Gasteiger partial charge in [-0.1, -0.05) is 19.1 Å². The van der Waals surface area contributed by atoms with E-state index in [1.165, 1.54) is 10.9 Å². The Balaban J connectivity index is 2.20. The third-order valence-electron chi connectivity index (χ3n) is 2.78. The van der Waals surface area contributed by atoms with E-state index in [2.05, 4.69) is 39.6 Å². The van der Waals surface area contributed by atoms with E-state index in [4.69, 9.17) is 0 Å². The number of halogens is 2. The van der Waals surface area contributed by atoms with Crippen molar-refractivity contribution in [1.82, 2.24) is 5.32 Å². The third kappa shape index (κ3) is 3.40. The fraction of sp³-hybridized carbons (Fsp3) is 0.286. The average molecular weight is 328 g/mol. The summed E-state index contributed by atoms with van der Waals surface area (Å²) < 4.78 is 14.4. The highest BCUT2D eigenvalue weighted by atomic mass is 79.9. The van der Waals surface area contributed by atoms with Crippen molar-refractivity contribution < 1.29 is 4.39 Å². The molecule has 0 aliphatic heterocycles. The zero-order valence-corrected chi connectivity index (χ0v) is 12.5. The van der Waals surface area contributed by atoms with Gasteiger partial charge in [-0.3, -0.25) is 0 Å². The van der Waals surface area contributed by atoms with Gasteiger partial charge in [0, 0.05) is 21.8 Å². The van der Waals surface area contributed by atoms with E-state index in [1.54, 1.807) is 23.5 Å². The quantitative estimate of drug-likeness (QED) is 0.849. The van der Waals surface area contributed by atoms with E-state index in [1.807, 2.05) is 6.07 Å². The van der Waals surface area contributed by atoms with Crippen molar-refractivity contribution in [2.24, 2.45) is 0 Å². The first-order valence-corrected chi connectivity index (χ1v) is 7.58. The van der Waals surface area contributed by atoms with Crippen LogP contribution >= 0.6 is 27.3 Å². The molecule has 2 aromatic rings. The lowest BCUT2D eigenvalue weighted by molar-refractivity contribution is 0.545. The maximum Gasteiger partial charge on any atom is 0.123 e. The summed E-state index contributed by atoms with van der Waals surface area (Å²) >= 11 is 5.26. The summed E-state index contributed by atoms with van der Waals surface area (Å²) in [6.07, 6.45) is 0.871. The fourth-order valence-electron chi connectivity index (χ4n) is 1.93. The molecule has 4 heteroatoms. The number of rotatable bonds is 5. The van der Waals surface area contributed by atoms with E-state index in [0.29, 0.717) is 0 Å². The van der Waals surface area contributed by atoms with E-state index in [-0.39, 0.29) is 11.9 Å². The first-order valence-electron chi connectivity index (χ1n) is 5.91. The molecular formula is C14H15BrFNS. The van der Waals surface area contributed by atoms with Crippen LogP contribution in [0.2, 0.25) is 0 Å². The number of thiophene rings is 1. The van der Waals surface area contributed by atoms with Crippen LogP contribution in [0.5, 0.6) is 0 Å². The van der Waals surface area contributed by atoms with Gasteiger partial charge in [-0.25, -0.2) is 4.39 Å². The smallest absolute Gasteiger partial charge is 0.123 e. The SMILES string of the molecule is CCNC(Cc1sccc1Br)c1cccc(F)c1. The molecule has 0 fully saturated rings. The molecule has 0 spiro atoms. The molecule has 0 aliphatic carbocycles. The lowest BCUT2D eigenvalue weighted by Crippen LogP contribution is -2.22. The number of likely N-dealkylation sites (N-methyl/N-ethyl adjacent to an activating group) is 1. The van der Waals surface area contributed by atoms with Gasteiger partial charge in [0.1, 0.15) is 5.82 Å². The van der Waals surface area contributed by atoms with Crippen LogP contribution < -0.4 is 5.32 Å². The molecule has 1 N–H and O–H groups in total. The molecule has 0 bridgehead atoms. The van der Waals surface area contributed by atoms with Crippen molar-refractivity contribution in [3.05, 3.63) is 56.4 Å². The largest absolute Gasteiger partial charge is 0.310 e. The number of nitrogens with one attached hydrogen (secondary N) is 1. The minimum Gasteiger partial charge on any atom is -0.310 e. The fourth-order valence-corrected chi connectivity index (χ4v) is 3.50. The average Bonchev–Trinajstić information content (AvgIpc) is 2.74. The minimum atomic E-state index is -0.180. The standard InChI is InChI=1S/C14H15BrFNS/c1-2-17-13(9-14-12(15)6-7-18-14)10-4-3-5-11(16)8-10/h3-8,13,17H,2,9H2,1H3. The summed E-state index contributed by atoms with van der Waals surface area (Å²) in [6.45, 7) is 2.93. The molecule has 1 unspecified atom stereocenters. The Morgan fingerprint density at radius 1 is 1.39 bits per heavy atom. The maximum absolute atomic E-state index is 13.3. The molecule has 1 aromatic heterocycles. The molecule has 1 nitrogen and oxygen atoms in total. The van der Waals surface area contributed by atoms with Crippen LogP contribution in [0, 0.1) is 5.82 Å². The van der Waals surface area contributed by atoms with Crippen molar-refractivity contribution in [3.8, 4) is 0 Å². The Morgan fingerprint density at radius 3 is 2.83 bits per heavy atom. The number of hydrogen-bond acceptors (Lipinski definition) is 2. The van der Waals surface area contributed by atoms with Crippen molar-refractivity contribution in [3.63, 3.8) is 0 Å². The van der Waals surface area contributed by atoms with Crippen LogP contribution in [0.25, 0.3) is 0 Å². The van der Waals surface area contributed by atoms with Crippen LogP contribution in [0.1, 0.15) is 23.4 Å². The lowest BCUT2D eigenvalue weighted by atomic mass is 10.0. The zero-order valence-electron chi connectivity index (χ0n) is 10.1. The molecule has 2 rings (SSSR count). The second kappa shape index (κ2) is 6.45. The third-order valence-corrected chi connectivity index (χ3v) is 4.73. The van der Waals surface area contributed by atoms with Gasteiger partial charge in [0.2, 0.25) is 0 Å². The van der Waals surface area contributed by atoms with Crippen LogP contribution in [-0.2, 0) is 6.42 Å². The highest BCUT2D eigenvalue weighted by molar-refractivity contribution is 9.10. The normalized spacial score (nSPS) is 12.6. The number of hydrogen-bond donors (Lipinski definition) is 1. The molecule has 0 aliphatic rings. The Kier molecular flexibility index (Phi) is 4.92. The molecule has 0 saturated heterocycles. The second-order valence-corrected chi connectivity index (χ2v) is 5.92. The lowest BCUT2D eigenvalue weighted by Gasteiger charge is -2.18. The van der Waals surface area contributed by atoms with E-state index >= 15 is 0 Å². The molecule has 0 saturated carbocycles. The van der Waals surface area contributed by atoms with E-state index in [0.717, 1.165) is 23.0 Å². The van der Waals surface area contributed by atoms with Gasteiger partial charge in [-0.05, 0) is 51.6 Å². The Hall–Kier alpha value is -0.710. The molecule has 0 radical (unpaired) electrons. The summed E-state index contributed by atoms with van der Waals surface area (Å²) in [5.74, 6) is -0.180. The van der Waals surface area contributed by atoms with Gasteiger partial charge in [0.05, 0.1) is 0 Å². The summed E-state index contributed by atoms with van der Waals surface area (Å²) in [5, 5.41) is 5.47. The monoisotopic (exact) mass is 327 g/mol. The summed E-state index contributed by atoms with van der Waals surface area (Å²) in [7, 11) is 0. The maximum atomic E-state index is 13.3. The minimum absolute atomic E-state index is 0.153. The van der Waals surface area contributed by atoms with Gasteiger partial charge in [-0.2, -0.15) is 0 Å². The van der Waals surface area contributed by atoms with Crippen LogP contribution in [0.3, 0.4) is 0 Å². The topological polar surface area (TPSA) is 12.0 Å². The second-order valence-electron chi connectivity index (χ2n) is 4.06. The molecule has 18 heavy (non-hydrogen) atoms. The Bertz CT molecular complexity index is 512. The van der Waals surface area contributed by atoms with Gasteiger partial charge in [0.15, 0.2) is 0 Å². The predicted molar refractivity (Wildman–Crippen MR) is 78.5 cm³/mol. The predicted octanol–water partition coefficient (Wildman–Crippen LogP) is 4.54. The molecule has 1 heterocycles. The van der Waals surface area contributed by atoms with Gasteiger partial charge in [0.25, 0.3) is 0 Å². The molecule has 0 amide bonds. The van der Waals surface area contributed by atoms with Crippen molar-refractivity contribution in [2.45, 2.75) is 19.4 Å². The molecule has 1 atom stereocenters. The molecule has 1 aromatic carbocycles. The van der Waals surface area contributed by atoms with Crippen molar-refractivity contribution in [1.29, 1.82) is 0 Å².